The lowest BCUT2D eigenvalue weighted by atomic mass is 9.69. The van der Waals surface area contributed by atoms with Gasteiger partial charge in [0.25, 0.3) is 0 Å². The van der Waals surface area contributed by atoms with Crippen LogP contribution in [-0.2, 0) is 4.79 Å². The standard InChI is InChI=1S/C13H17NO2/c15-9-5-4-8-7-14-11-2-1-3-12(16)13(11)10(8)6-9/h6-8,11-13,16H,1-5H2. The van der Waals surface area contributed by atoms with Crippen LogP contribution in [0.15, 0.2) is 16.6 Å². The summed E-state index contributed by atoms with van der Waals surface area (Å²) in [6.45, 7) is 0. The van der Waals surface area contributed by atoms with E-state index in [-0.39, 0.29) is 23.8 Å². The first-order valence-corrected chi connectivity index (χ1v) is 6.21. The van der Waals surface area contributed by atoms with Gasteiger partial charge < -0.3 is 5.11 Å². The third kappa shape index (κ3) is 1.54. The van der Waals surface area contributed by atoms with Gasteiger partial charge in [-0.2, -0.15) is 0 Å². The summed E-state index contributed by atoms with van der Waals surface area (Å²) in [6, 6.07) is 0.220. The minimum absolute atomic E-state index is 0.119. The van der Waals surface area contributed by atoms with Gasteiger partial charge in [-0.1, -0.05) is 5.57 Å². The number of aliphatic hydroxyl groups is 1. The van der Waals surface area contributed by atoms with Crippen LogP contribution in [-0.4, -0.2) is 29.3 Å². The second kappa shape index (κ2) is 3.81. The Bertz CT molecular complexity index is 372. The van der Waals surface area contributed by atoms with Crippen LogP contribution in [0.1, 0.15) is 32.1 Å². The summed E-state index contributed by atoms with van der Waals surface area (Å²) in [6.07, 6.45) is 7.97. The van der Waals surface area contributed by atoms with E-state index in [9.17, 15) is 9.90 Å². The van der Waals surface area contributed by atoms with Gasteiger partial charge >= 0.3 is 0 Å². The van der Waals surface area contributed by atoms with Crippen LogP contribution in [0.3, 0.4) is 0 Å². The van der Waals surface area contributed by atoms with Crippen LogP contribution < -0.4 is 0 Å². The first kappa shape index (κ1) is 10.2. The number of allylic oxidation sites excluding steroid dienone is 1. The summed E-state index contributed by atoms with van der Waals surface area (Å²) in [5, 5.41) is 10.1. The zero-order valence-electron chi connectivity index (χ0n) is 9.30. The highest BCUT2D eigenvalue weighted by molar-refractivity contribution is 5.93. The summed E-state index contributed by atoms with van der Waals surface area (Å²) in [4.78, 5) is 16.1. The van der Waals surface area contributed by atoms with Gasteiger partial charge in [-0.3, -0.25) is 9.79 Å². The molecule has 3 nitrogen and oxygen atoms in total. The van der Waals surface area contributed by atoms with E-state index in [1.54, 1.807) is 6.08 Å². The lowest BCUT2D eigenvalue weighted by Crippen LogP contribution is -2.42. The van der Waals surface area contributed by atoms with Gasteiger partial charge in [-0.15, -0.1) is 0 Å². The van der Waals surface area contributed by atoms with Crippen molar-refractivity contribution in [1.29, 1.82) is 0 Å². The van der Waals surface area contributed by atoms with E-state index in [1.165, 1.54) is 0 Å². The number of hydrogen-bond donors (Lipinski definition) is 1. The summed E-state index contributed by atoms with van der Waals surface area (Å²) in [5.74, 6) is 0.651. The number of hydrogen-bond acceptors (Lipinski definition) is 3. The van der Waals surface area contributed by atoms with Gasteiger partial charge in [0.05, 0.1) is 12.1 Å². The first-order valence-electron chi connectivity index (χ1n) is 6.21. The molecule has 0 amide bonds. The highest BCUT2D eigenvalue weighted by Crippen LogP contribution is 2.41. The van der Waals surface area contributed by atoms with Crippen molar-refractivity contribution in [3.8, 4) is 0 Å². The molecule has 3 aliphatic rings. The molecule has 0 spiro atoms. The van der Waals surface area contributed by atoms with Gasteiger partial charge in [0, 0.05) is 24.5 Å². The van der Waals surface area contributed by atoms with Crippen LogP contribution in [0, 0.1) is 11.8 Å². The maximum absolute atomic E-state index is 11.5. The molecule has 0 radical (unpaired) electrons. The Kier molecular flexibility index (Phi) is 2.43. The molecule has 1 fully saturated rings. The van der Waals surface area contributed by atoms with Crippen molar-refractivity contribution >= 4 is 12.0 Å². The first-order chi connectivity index (χ1) is 7.75. The summed E-state index contributed by atoms with van der Waals surface area (Å²) < 4.78 is 0. The second-order valence-electron chi connectivity index (χ2n) is 5.15. The zero-order valence-corrected chi connectivity index (χ0v) is 9.30. The number of rotatable bonds is 0. The Balaban J connectivity index is 1.98. The zero-order chi connectivity index (χ0) is 11.1. The van der Waals surface area contributed by atoms with Crippen LogP contribution >= 0.6 is 0 Å². The number of aliphatic hydroxyl groups excluding tert-OH is 1. The predicted molar refractivity (Wildman–Crippen MR) is 61.4 cm³/mol. The van der Waals surface area contributed by atoms with Crippen molar-refractivity contribution in [2.24, 2.45) is 16.8 Å². The molecule has 0 saturated heterocycles. The predicted octanol–water partition coefficient (Wildman–Crippen LogP) is 1.51. The van der Waals surface area contributed by atoms with Gasteiger partial charge in [0.2, 0.25) is 0 Å². The fourth-order valence-electron chi connectivity index (χ4n) is 3.31. The molecule has 3 heteroatoms. The monoisotopic (exact) mass is 219 g/mol. The molecular formula is C13H17NO2. The maximum atomic E-state index is 11.5. The molecular weight excluding hydrogens is 202 g/mol. The number of nitrogens with zero attached hydrogens (tertiary/aromatic N) is 1. The molecule has 1 heterocycles. The smallest absolute Gasteiger partial charge is 0.155 e. The molecule has 4 unspecified atom stereocenters. The highest BCUT2D eigenvalue weighted by Gasteiger charge is 2.40. The molecule has 1 saturated carbocycles. The lowest BCUT2D eigenvalue weighted by Gasteiger charge is -2.41. The number of carbonyl (C=O) groups is 1. The Labute approximate surface area is 95.3 Å². The molecule has 1 N–H and O–H groups in total. The molecule has 4 atom stereocenters. The summed E-state index contributed by atoms with van der Waals surface area (Å²) in [5.41, 5.74) is 1.16. The normalized spacial score (nSPS) is 42.3. The van der Waals surface area contributed by atoms with Crippen molar-refractivity contribution in [2.75, 3.05) is 0 Å². The molecule has 0 aromatic carbocycles. The van der Waals surface area contributed by atoms with Crippen LogP contribution in [0.25, 0.3) is 0 Å². The van der Waals surface area contributed by atoms with Crippen molar-refractivity contribution < 1.29 is 9.90 Å². The van der Waals surface area contributed by atoms with Crippen molar-refractivity contribution in [3.05, 3.63) is 11.6 Å². The van der Waals surface area contributed by atoms with E-state index < -0.39 is 0 Å². The van der Waals surface area contributed by atoms with Gasteiger partial charge in [0.1, 0.15) is 0 Å². The Morgan fingerprint density at radius 1 is 1.31 bits per heavy atom. The quantitative estimate of drug-likeness (QED) is 0.671. The molecule has 0 bridgehead atoms. The lowest BCUT2D eigenvalue weighted by molar-refractivity contribution is -0.115. The second-order valence-corrected chi connectivity index (χ2v) is 5.15. The van der Waals surface area contributed by atoms with E-state index in [0.717, 1.165) is 31.3 Å². The Morgan fingerprint density at radius 3 is 3.06 bits per heavy atom. The van der Waals surface area contributed by atoms with Crippen molar-refractivity contribution in [2.45, 2.75) is 44.2 Å². The van der Waals surface area contributed by atoms with E-state index in [1.807, 2.05) is 6.21 Å². The Hall–Kier alpha value is -0.960. The minimum Gasteiger partial charge on any atom is -0.392 e. The summed E-state index contributed by atoms with van der Waals surface area (Å²) in [7, 11) is 0. The fourth-order valence-corrected chi connectivity index (χ4v) is 3.31. The van der Waals surface area contributed by atoms with Gasteiger partial charge in [-0.25, -0.2) is 0 Å². The minimum atomic E-state index is -0.296. The third-order valence-electron chi connectivity index (χ3n) is 4.13. The van der Waals surface area contributed by atoms with Crippen LogP contribution in [0.2, 0.25) is 0 Å². The highest BCUT2D eigenvalue weighted by atomic mass is 16.3. The third-order valence-corrected chi connectivity index (χ3v) is 4.13. The van der Waals surface area contributed by atoms with Crippen molar-refractivity contribution in [3.63, 3.8) is 0 Å². The SMILES string of the molecule is O=C1C=C2C(C=NC3CCCC(O)C23)CC1. The van der Waals surface area contributed by atoms with E-state index >= 15 is 0 Å². The summed E-state index contributed by atoms with van der Waals surface area (Å²) >= 11 is 0. The number of aliphatic imine (C=N–C) groups is 1. The average molecular weight is 219 g/mol. The molecule has 0 aromatic rings. The molecule has 1 aliphatic heterocycles. The average Bonchev–Trinajstić information content (AvgIpc) is 2.28. The van der Waals surface area contributed by atoms with E-state index in [2.05, 4.69) is 4.99 Å². The fraction of sp³-hybridized carbons (Fsp3) is 0.692. The van der Waals surface area contributed by atoms with Gasteiger partial charge in [0.15, 0.2) is 5.78 Å². The number of carbonyl (C=O) groups excluding carboxylic acids is 1. The molecule has 2 aliphatic carbocycles. The van der Waals surface area contributed by atoms with E-state index in [0.29, 0.717) is 12.3 Å². The topological polar surface area (TPSA) is 49.7 Å². The largest absolute Gasteiger partial charge is 0.392 e. The number of ketones is 1. The molecule has 0 aromatic heterocycles. The van der Waals surface area contributed by atoms with Gasteiger partial charge in [-0.05, 0) is 31.8 Å². The van der Waals surface area contributed by atoms with E-state index in [4.69, 9.17) is 0 Å². The number of fused-ring (bicyclic) bond motifs is 3. The maximum Gasteiger partial charge on any atom is 0.155 e. The van der Waals surface area contributed by atoms with Crippen LogP contribution in [0.4, 0.5) is 0 Å². The Morgan fingerprint density at radius 2 is 2.19 bits per heavy atom. The molecule has 86 valence electrons. The van der Waals surface area contributed by atoms with Crippen LogP contribution in [0.5, 0.6) is 0 Å². The van der Waals surface area contributed by atoms with Crippen molar-refractivity contribution in [1.82, 2.24) is 0 Å². The molecule has 16 heavy (non-hydrogen) atoms. The molecule has 3 rings (SSSR count).